The summed E-state index contributed by atoms with van der Waals surface area (Å²) in [4.78, 5) is 5.18. The zero-order chi connectivity index (χ0) is 14.0. The third-order valence-corrected chi connectivity index (χ3v) is 2.78. The third kappa shape index (κ3) is 3.49. The molecule has 1 aliphatic rings. The number of rotatable bonds is 4. The number of amidine groups is 1. The smallest absolute Gasteiger partial charge is 0.405 e. The molecule has 1 saturated carbocycles. The summed E-state index contributed by atoms with van der Waals surface area (Å²) in [5.41, 5.74) is 5.72. The summed E-state index contributed by atoms with van der Waals surface area (Å²) in [7, 11) is 0. The summed E-state index contributed by atoms with van der Waals surface area (Å²) in [6, 6.07) is 2.81. The molecule has 0 radical (unpaired) electrons. The van der Waals surface area contributed by atoms with E-state index in [1.54, 1.807) is 0 Å². The molecule has 0 spiro atoms. The third-order valence-electron chi connectivity index (χ3n) is 2.78. The molecule has 1 aliphatic carbocycles. The van der Waals surface area contributed by atoms with Crippen LogP contribution in [-0.2, 0) is 0 Å². The first-order chi connectivity index (χ1) is 8.90. The van der Waals surface area contributed by atoms with Crippen molar-refractivity contribution >= 4 is 11.7 Å². The second-order valence-corrected chi connectivity index (χ2v) is 4.36. The molecule has 0 saturated heterocycles. The molecule has 2 rings (SSSR count). The quantitative estimate of drug-likeness (QED) is 0.379. The lowest BCUT2D eigenvalue weighted by Crippen LogP contribution is -2.36. The van der Waals surface area contributed by atoms with Gasteiger partial charge in [0.2, 0.25) is 0 Å². The summed E-state index contributed by atoms with van der Waals surface area (Å²) in [5, 5.41) is 11.3. The van der Waals surface area contributed by atoms with E-state index in [4.69, 9.17) is 10.9 Å². The first-order valence-electron chi connectivity index (χ1n) is 5.68. The first kappa shape index (κ1) is 13.4. The van der Waals surface area contributed by atoms with Crippen molar-refractivity contribution in [2.24, 2.45) is 10.9 Å². The van der Waals surface area contributed by atoms with E-state index < -0.39 is 12.7 Å². The van der Waals surface area contributed by atoms with Crippen molar-refractivity contribution in [2.45, 2.75) is 25.1 Å². The van der Waals surface area contributed by atoms with Crippen LogP contribution in [0.2, 0.25) is 0 Å². The average molecular weight is 274 g/mol. The number of oxime groups is 1. The molecular weight excluding hydrogens is 261 g/mol. The lowest BCUT2D eigenvalue weighted by atomic mass is 10.2. The number of hydrogen-bond donors (Lipinski definition) is 2. The van der Waals surface area contributed by atoms with Crippen molar-refractivity contribution in [2.75, 3.05) is 11.4 Å². The number of nitrogens with two attached hydrogens (primary N) is 1. The Kier molecular flexibility index (Phi) is 3.50. The van der Waals surface area contributed by atoms with Crippen LogP contribution in [0.5, 0.6) is 0 Å². The number of hydrogen-bond acceptors (Lipinski definition) is 4. The van der Waals surface area contributed by atoms with Crippen LogP contribution in [0, 0.1) is 0 Å². The number of anilines is 1. The molecule has 0 aliphatic heterocycles. The van der Waals surface area contributed by atoms with Gasteiger partial charge in [-0.3, -0.25) is 0 Å². The predicted molar refractivity (Wildman–Crippen MR) is 63.2 cm³/mol. The molecule has 1 aromatic heterocycles. The van der Waals surface area contributed by atoms with Gasteiger partial charge in [0, 0.05) is 17.8 Å². The van der Waals surface area contributed by atoms with Crippen molar-refractivity contribution in [1.29, 1.82) is 0 Å². The van der Waals surface area contributed by atoms with Crippen LogP contribution in [0.25, 0.3) is 0 Å². The van der Waals surface area contributed by atoms with Crippen LogP contribution in [0.15, 0.2) is 23.5 Å². The van der Waals surface area contributed by atoms with Gasteiger partial charge in [-0.05, 0) is 25.0 Å². The van der Waals surface area contributed by atoms with Crippen LogP contribution in [0.3, 0.4) is 0 Å². The maximum Gasteiger partial charge on any atom is 0.405 e. The summed E-state index contributed by atoms with van der Waals surface area (Å²) < 4.78 is 37.5. The SMILES string of the molecule is NC(=NO)c1ccc(N(CC(F)(F)F)C2CC2)nc1. The Morgan fingerprint density at radius 2 is 2.16 bits per heavy atom. The van der Waals surface area contributed by atoms with Gasteiger partial charge in [-0.2, -0.15) is 13.2 Å². The van der Waals surface area contributed by atoms with E-state index >= 15 is 0 Å². The van der Waals surface area contributed by atoms with E-state index in [-0.39, 0.29) is 17.7 Å². The first-order valence-corrected chi connectivity index (χ1v) is 5.68. The largest absolute Gasteiger partial charge is 0.409 e. The molecule has 0 amide bonds. The molecule has 19 heavy (non-hydrogen) atoms. The Balaban J connectivity index is 2.18. The van der Waals surface area contributed by atoms with Gasteiger partial charge in [-0.1, -0.05) is 5.16 Å². The van der Waals surface area contributed by atoms with Gasteiger partial charge in [0.05, 0.1) is 0 Å². The summed E-state index contributed by atoms with van der Waals surface area (Å²) in [5.74, 6) is 0.113. The van der Waals surface area contributed by atoms with E-state index in [0.29, 0.717) is 5.56 Å². The van der Waals surface area contributed by atoms with E-state index in [1.165, 1.54) is 23.2 Å². The molecule has 0 unspecified atom stereocenters. The van der Waals surface area contributed by atoms with Gasteiger partial charge in [-0.25, -0.2) is 4.98 Å². The Hall–Kier alpha value is -1.99. The maximum atomic E-state index is 12.5. The lowest BCUT2D eigenvalue weighted by Gasteiger charge is -2.24. The van der Waals surface area contributed by atoms with Crippen LogP contribution in [-0.4, -0.2) is 34.8 Å². The molecule has 104 valence electrons. The highest BCUT2D eigenvalue weighted by Crippen LogP contribution is 2.33. The Bertz CT molecular complexity index is 468. The highest BCUT2D eigenvalue weighted by atomic mass is 19.4. The van der Waals surface area contributed by atoms with Gasteiger partial charge in [0.1, 0.15) is 12.4 Å². The molecule has 5 nitrogen and oxygen atoms in total. The number of pyridine rings is 1. The highest BCUT2D eigenvalue weighted by molar-refractivity contribution is 5.96. The lowest BCUT2D eigenvalue weighted by molar-refractivity contribution is -0.120. The fourth-order valence-electron chi connectivity index (χ4n) is 1.74. The van der Waals surface area contributed by atoms with Gasteiger partial charge in [0.15, 0.2) is 5.84 Å². The van der Waals surface area contributed by atoms with Gasteiger partial charge >= 0.3 is 6.18 Å². The highest BCUT2D eigenvalue weighted by Gasteiger charge is 2.38. The normalized spacial score (nSPS) is 16.5. The van der Waals surface area contributed by atoms with Crippen LogP contribution < -0.4 is 10.6 Å². The van der Waals surface area contributed by atoms with E-state index in [9.17, 15) is 13.2 Å². The van der Waals surface area contributed by atoms with Crippen molar-refractivity contribution in [3.63, 3.8) is 0 Å². The second-order valence-electron chi connectivity index (χ2n) is 4.36. The standard InChI is InChI=1S/C11H13F3N4O/c12-11(13,14)6-18(8-2-3-8)9-4-1-7(5-16-9)10(15)17-19/h1,4-5,8,19H,2-3,6H2,(H2,15,17). The Morgan fingerprint density at radius 3 is 2.58 bits per heavy atom. The van der Waals surface area contributed by atoms with Gasteiger partial charge in [0.25, 0.3) is 0 Å². The number of halogens is 3. The zero-order valence-corrected chi connectivity index (χ0v) is 9.93. The van der Waals surface area contributed by atoms with Gasteiger partial charge < -0.3 is 15.8 Å². The van der Waals surface area contributed by atoms with E-state index in [2.05, 4.69) is 10.1 Å². The molecular formula is C11H13F3N4O. The molecule has 0 atom stereocenters. The van der Waals surface area contributed by atoms with Crippen molar-refractivity contribution in [3.8, 4) is 0 Å². The fourth-order valence-corrected chi connectivity index (χ4v) is 1.74. The minimum Gasteiger partial charge on any atom is -0.409 e. The molecule has 1 heterocycles. The predicted octanol–water partition coefficient (Wildman–Crippen LogP) is 1.71. The Morgan fingerprint density at radius 1 is 1.47 bits per heavy atom. The van der Waals surface area contributed by atoms with Crippen molar-refractivity contribution in [3.05, 3.63) is 23.9 Å². The summed E-state index contributed by atoms with van der Waals surface area (Å²) in [6.07, 6.45) is -1.51. The van der Waals surface area contributed by atoms with Crippen LogP contribution in [0.4, 0.5) is 19.0 Å². The van der Waals surface area contributed by atoms with E-state index in [0.717, 1.165) is 12.8 Å². The van der Waals surface area contributed by atoms with Crippen molar-refractivity contribution in [1.82, 2.24) is 4.98 Å². The minimum absolute atomic E-state index is 0.108. The number of alkyl halides is 3. The summed E-state index contributed by atoms with van der Waals surface area (Å²) >= 11 is 0. The Labute approximate surface area is 107 Å². The molecule has 0 bridgehead atoms. The topological polar surface area (TPSA) is 74.7 Å². The number of aromatic nitrogens is 1. The van der Waals surface area contributed by atoms with Gasteiger partial charge in [-0.15, -0.1) is 0 Å². The maximum absolute atomic E-state index is 12.5. The molecule has 8 heteroatoms. The molecule has 0 aromatic carbocycles. The molecule has 3 N–H and O–H groups in total. The monoisotopic (exact) mass is 274 g/mol. The molecule has 1 fully saturated rings. The average Bonchev–Trinajstić information content (AvgIpc) is 3.18. The van der Waals surface area contributed by atoms with Crippen LogP contribution in [0.1, 0.15) is 18.4 Å². The zero-order valence-electron chi connectivity index (χ0n) is 9.93. The molecule has 1 aromatic rings. The minimum atomic E-state index is -4.27. The van der Waals surface area contributed by atoms with E-state index in [1.807, 2.05) is 0 Å². The van der Waals surface area contributed by atoms with Crippen molar-refractivity contribution < 1.29 is 18.4 Å². The second kappa shape index (κ2) is 4.94. The summed E-state index contributed by atoms with van der Waals surface area (Å²) in [6.45, 7) is -1.02. The number of nitrogens with zero attached hydrogens (tertiary/aromatic N) is 3. The fraction of sp³-hybridized carbons (Fsp3) is 0.455. The van der Waals surface area contributed by atoms with Crippen LogP contribution >= 0.6 is 0 Å².